The van der Waals surface area contributed by atoms with Crippen molar-refractivity contribution in [1.82, 2.24) is 14.8 Å². The summed E-state index contributed by atoms with van der Waals surface area (Å²) in [6.07, 6.45) is 1.60. The highest BCUT2D eigenvalue weighted by Crippen LogP contribution is 2.20. The third-order valence-corrected chi connectivity index (χ3v) is 3.04. The number of halogens is 1. The Hall–Kier alpha value is -1.77. The highest BCUT2D eigenvalue weighted by Gasteiger charge is 2.19. The van der Waals surface area contributed by atoms with Gasteiger partial charge in [0.05, 0.1) is 25.0 Å². The maximum atomic E-state index is 13.6. The van der Waals surface area contributed by atoms with Crippen LogP contribution in [0.5, 0.6) is 0 Å². The Morgan fingerprint density at radius 2 is 2.15 bits per heavy atom. The summed E-state index contributed by atoms with van der Waals surface area (Å²) < 4.78 is 20.4. The van der Waals surface area contributed by atoms with Crippen LogP contribution in [0.2, 0.25) is 0 Å². The van der Waals surface area contributed by atoms with Gasteiger partial charge in [-0.05, 0) is 13.0 Å². The van der Waals surface area contributed by atoms with Gasteiger partial charge in [0.25, 0.3) is 0 Å². The van der Waals surface area contributed by atoms with Gasteiger partial charge < -0.3 is 14.8 Å². The molecular formula is C12H15BFN3O3. The minimum Gasteiger partial charge on any atom is -0.423 e. The maximum absolute atomic E-state index is 13.6. The van der Waals surface area contributed by atoms with Crippen LogP contribution in [-0.2, 0) is 11.3 Å². The molecule has 0 bridgehead atoms. The van der Waals surface area contributed by atoms with Gasteiger partial charge in [0.1, 0.15) is 0 Å². The van der Waals surface area contributed by atoms with Crippen LogP contribution in [-0.4, -0.2) is 45.6 Å². The molecule has 20 heavy (non-hydrogen) atoms. The Morgan fingerprint density at radius 1 is 1.40 bits per heavy atom. The zero-order valence-electron chi connectivity index (χ0n) is 11.2. The molecule has 6 nitrogen and oxygen atoms in total. The van der Waals surface area contributed by atoms with E-state index in [0.29, 0.717) is 24.4 Å². The lowest BCUT2D eigenvalue weighted by atomic mass is 9.81. The van der Waals surface area contributed by atoms with Crippen molar-refractivity contribution in [1.29, 1.82) is 0 Å². The smallest absolute Gasteiger partial charge is 0.423 e. The molecule has 0 saturated carbocycles. The van der Waals surface area contributed by atoms with Crippen molar-refractivity contribution >= 4 is 12.6 Å². The first-order chi connectivity index (χ1) is 9.54. The van der Waals surface area contributed by atoms with Crippen molar-refractivity contribution < 1.29 is 19.2 Å². The summed E-state index contributed by atoms with van der Waals surface area (Å²) in [7, 11) is -0.266. The lowest BCUT2D eigenvalue weighted by Crippen LogP contribution is -2.33. The van der Waals surface area contributed by atoms with Crippen LogP contribution in [0.3, 0.4) is 0 Å². The molecule has 0 fully saturated rings. The van der Waals surface area contributed by atoms with Crippen molar-refractivity contribution in [2.45, 2.75) is 13.5 Å². The molecule has 0 atom stereocenters. The molecule has 2 rings (SSSR count). The molecule has 0 amide bonds. The molecule has 0 aliphatic carbocycles. The normalized spacial score (nSPS) is 10.8. The van der Waals surface area contributed by atoms with Crippen LogP contribution >= 0.6 is 0 Å². The largest absolute Gasteiger partial charge is 0.493 e. The van der Waals surface area contributed by atoms with Gasteiger partial charge in [0, 0.05) is 23.8 Å². The zero-order valence-corrected chi connectivity index (χ0v) is 11.2. The summed E-state index contributed by atoms with van der Waals surface area (Å²) in [5, 5.41) is 22.1. The van der Waals surface area contributed by atoms with Gasteiger partial charge in [0.2, 0.25) is 5.95 Å². The fourth-order valence-corrected chi connectivity index (χ4v) is 1.89. The average Bonchev–Trinajstić information content (AvgIpc) is 2.77. The highest BCUT2D eigenvalue weighted by molar-refractivity contribution is 6.58. The molecule has 0 aliphatic rings. The Bertz CT molecular complexity index is 604. The van der Waals surface area contributed by atoms with E-state index in [-0.39, 0.29) is 5.46 Å². The summed E-state index contributed by atoms with van der Waals surface area (Å²) in [6.45, 7) is 2.98. The van der Waals surface area contributed by atoms with Gasteiger partial charge in [-0.1, -0.05) is 6.07 Å². The molecule has 2 aromatic heterocycles. The topological polar surface area (TPSA) is 80.4 Å². The number of hydrogen-bond acceptors (Lipinski definition) is 5. The van der Waals surface area contributed by atoms with E-state index in [2.05, 4.69) is 10.1 Å². The Kier molecular flexibility index (Phi) is 4.48. The number of nitrogens with zero attached hydrogens (tertiary/aromatic N) is 3. The second-order valence-electron chi connectivity index (χ2n) is 4.31. The molecule has 2 aromatic rings. The molecule has 8 heteroatoms. The standard InChI is InChI=1S/C12H15BFN3O3/c1-8-9(7-15-17(8)5-6-20-2)11-4-3-10(13(18)19)12(14)16-11/h3-4,7,18-19H,5-6H2,1-2H3. The molecule has 0 spiro atoms. The molecule has 2 N–H and O–H groups in total. The van der Waals surface area contributed by atoms with Crippen molar-refractivity contribution in [3.05, 3.63) is 30.0 Å². The minimum atomic E-state index is -1.87. The van der Waals surface area contributed by atoms with Crippen molar-refractivity contribution in [2.75, 3.05) is 13.7 Å². The summed E-state index contributed by atoms with van der Waals surface area (Å²) >= 11 is 0. The van der Waals surface area contributed by atoms with Crippen molar-refractivity contribution in [2.24, 2.45) is 0 Å². The quantitative estimate of drug-likeness (QED) is 0.581. The highest BCUT2D eigenvalue weighted by atomic mass is 19.1. The van der Waals surface area contributed by atoms with Crippen LogP contribution in [0.4, 0.5) is 4.39 Å². The van der Waals surface area contributed by atoms with E-state index < -0.39 is 13.1 Å². The lowest BCUT2D eigenvalue weighted by Gasteiger charge is -2.06. The van der Waals surface area contributed by atoms with Crippen LogP contribution in [0, 0.1) is 12.9 Å². The predicted molar refractivity (Wildman–Crippen MR) is 71.9 cm³/mol. The van der Waals surface area contributed by atoms with Crippen LogP contribution in [0.15, 0.2) is 18.3 Å². The number of pyridine rings is 1. The van der Waals surface area contributed by atoms with Gasteiger partial charge in [-0.2, -0.15) is 9.49 Å². The third kappa shape index (κ3) is 2.87. The van der Waals surface area contributed by atoms with Crippen molar-refractivity contribution in [3.8, 4) is 11.3 Å². The molecule has 0 saturated heterocycles. The second kappa shape index (κ2) is 6.12. The average molecular weight is 279 g/mol. The molecule has 0 radical (unpaired) electrons. The SMILES string of the molecule is COCCn1ncc(-c2ccc(B(O)O)c(F)n2)c1C. The van der Waals surface area contributed by atoms with Crippen molar-refractivity contribution in [3.63, 3.8) is 0 Å². The van der Waals surface area contributed by atoms with E-state index in [1.807, 2.05) is 6.92 Å². The van der Waals surface area contributed by atoms with Gasteiger partial charge in [-0.3, -0.25) is 4.68 Å². The third-order valence-electron chi connectivity index (χ3n) is 3.04. The molecule has 0 aromatic carbocycles. The van der Waals surface area contributed by atoms with Gasteiger partial charge in [0.15, 0.2) is 0 Å². The number of aromatic nitrogens is 3. The molecule has 106 valence electrons. The van der Waals surface area contributed by atoms with Crippen LogP contribution in [0.1, 0.15) is 5.69 Å². The van der Waals surface area contributed by atoms with Gasteiger partial charge >= 0.3 is 7.12 Å². The summed E-state index contributed by atoms with van der Waals surface area (Å²) in [6, 6.07) is 2.83. The van der Waals surface area contributed by atoms with Gasteiger partial charge in [-0.25, -0.2) is 4.98 Å². The first kappa shape index (κ1) is 14.6. The number of rotatable bonds is 5. The molecule has 0 unspecified atom stereocenters. The Balaban J connectivity index is 2.32. The number of hydrogen-bond donors (Lipinski definition) is 2. The lowest BCUT2D eigenvalue weighted by molar-refractivity contribution is 0.183. The minimum absolute atomic E-state index is 0.252. The van der Waals surface area contributed by atoms with Crippen LogP contribution in [0.25, 0.3) is 11.3 Å². The number of ether oxygens (including phenoxy) is 1. The fraction of sp³-hybridized carbons (Fsp3) is 0.333. The van der Waals surface area contributed by atoms with E-state index in [1.54, 1.807) is 18.0 Å². The maximum Gasteiger partial charge on any atom is 0.493 e. The van der Waals surface area contributed by atoms with Crippen LogP contribution < -0.4 is 5.46 Å². The van der Waals surface area contributed by atoms with E-state index in [4.69, 9.17) is 14.8 Å². The predicted octanol–water partition coefficient (Wildman–Crippen LogP) is -0.281. The summed E-state index contributed by atoms with van der Waals surface area (Å²) in [5.41, 5.74) is 1.68. The van der Waals surface area contributed by atoms with E-state index in [0.717, 1.165) is 5.69 Å². The fourth-order valence-electron chi connectivity index (χ4n) is 1.89. The van der Waals surface area contributed by atoms with E-state index >= 15 is 0 Å². The molecule has 2 heterocycles. The molecule has 0 aliphatic heterocycles. The number of methoxy groups -OCH3 is 1. The van der Waals surface area contributed by atoms with Gasteiger partial charge in [-0.15, -0.1) is 0 Å². The first-order valence-electron chi connectivity index (χ1n) is 6.09. The zero-order chi connectivity index (χ0) is 14.7. The second-order valence-corrected chi connectivity index (χ2v) is 4.31. The van der Waals surface area contributed by atoms with E-state index in [9.17, 15) is 4.39 Å². The Labute approximate surface area is 116 Å². The summed E-state index contributed by atoms with van der Waals surface area (Å²) in [5.74, 6) is -0.901. The monoisotopic (exact) mass is 279 g/mol. The van der Waals surface area contributed by atoms with E-state index in [1.165, 1.54) is 12.1 Å². The Morgan fingerprint density at radius 3 is 2.75 bits per heavy atom. The summed E-state index contributed by atoms with van der Waals surface area (Å²) in [4.78, 5) is 3.75. The first-order valence-corrected chi connectivity index (χ1v) is 6.09. The molecular weight excluding hydrogens is 264 g/mol.